The molecule has 1 rings (SSSR count). The molecular weight excluding hydrogens is 765 g/mol. The highest BCUT2D eigenvalue weighted by Crippen LogP contribution is 2.43. The van der Waals surface area contributed by atoms with Gasteiger partial charge >= 0.3 is 19.8 Å². The number of carbonyl (C=O) groups is 2. The molecule has 0 aliphatic carbocycles. The number of epoxide rings is 1. The molecule has 0 aromatic carbocycles. The van der Waals surface area contributed by atoms with E-state index in [1.54, 1.807) is 0 Å². The third-order valence-corrected chi connectivity index (χ3v) is 10.6. The summed E-state index contributed by atoms with van der Waals surface area (Å²) in [6.07, 6.45) is 47.1. The molecule has 11 heteroatoms. The maximum Gasteiger partial charge on any atom is 0.472 e. The van der Waals surface area contributed by atoms with Gasteiger partial charge in [-0.3, -0.25) is 18.6 Å². The van der Waals surface area contributed by atoms with Crippen molar-refractivity contribution in [2.24, 2.45) is 0 Å². The number of ether oxygens (including phenoxy) is 3. The summed E-state index contributed by atoms with van der Waals surface area (Å²) in [6.45, 7) is 4.23. The number of allylic oxidation sites excluding steroid dienone is 10. The van der Waals surface area contributed by atoms with E-state index in [0.717, 1.165) is 51.4 Å². The van der Waals surface area contributed by atoms with E-state index in [2.05, 4.69) is 80.7 Å². The maximum absolute atomic E-state index is 12.7. The van der Waals surface area contributed by atoms with E-state index in [0.29, 0.717) is 42.5 Å². The van der Waals surface area contributed by atoms with Crippen LogP contribution in [0.2, 0.25) is 0 Å². The number of phosphoric ester groups is 1. The highest BCUT2D eigenvalue weighted by atomic mass is 31.2. The lowest BCUT2D eigenvalue weighted by atomic mass is 10.1. The van der Waals surface area contributed by atoms with Crippen LogP contribution in [0.15, 0.2) is 72.9 Å². The molecule has 0 aromatic heterocycles. The Bertz CT molecular complexity index is 1300. The highest BCUT2D eigenvalue weighted by molar-refractivity contribution is 7.47. The van der Waals surface area contributed by atoms with Gasteiger partial charge in [0.2, 0.25) is 0 Å². The number of likely N-dealkylation sites (N-methyl/N-ethyl adjacent to an activating group) is 1. The standard InChI is InChI=1S/C48H82NO9P/c1-6-8-10-12-14-15-16-17-18-19-20-21-22-23-26-31-35-39-48(51)57-44(43-56-59(52,53)55-41-40-49(3,4)5)42-54-47(50)38-34-30-27-24-25-29-33-37-46-45(58-46)36-32-28-13-11-9-7-2/h17-18,20-21,23-24,26-29,32-33,44-46H,6-16,19,22,25,30-31,34-43H2,1-5H3/p+1/b18-17-,21-20-,26-23-,27-24-,32-28-,33-29-/t44-,45?,46?/m1/s1. The normalized spacial score (nSPS) is 17.7. The molecule has 1 fully saturated rings. The van der Waals surface area contributed by atoms with E-state index in [-0.39, 0.29) is 26.1 Å². The zero-order chi connectivity index (χ0) is 43.3. The molecular formula is C48H83NO9P+. The number of nitrogens with zero attached hydrogens (tertiary/aromatic N) is 1. The second kappa shape index (κ2) is 36.1. The fraction of sp³-hybridized carbons (Fsp3) is 0.708. The number of carbonyl (C=O) groups excluding carboxylic acids is 2. The zero-order valence-corrected chi connectivity index (χ0v) is 38.5. The van der Waals surface area contributed by atoms with Crippen LogP contribution in [0.25, 0.3) is 0 Å². The third kappa shape index (κ3) is 36.9. The summed E-state index contributed by atoms with van der Waals surface area (Å²) >= 11 is 0. The molecule has 0 aromatic rings. The van der Waals surface area contributed by atoms with Gasteiger partial charge < -0.3 is 23.6 Å². The van der Waals surface area contributed by atoms with Crippen molar-refractivity contribution >= 4 is 19.8 Å². The number of quaternary nitrogens is 1. The van der Waals surface area contributed by atoms with E-state index in [1.807, 2.05) is 27.2 Å². The summed E-state index contributed by atoms with van der Waals surface area (Å²) in [7, 11) is 1.40. The van der Waals surface area contributed by atoms with Gasteiger partial charge in [0.05, 0.1) is 40.0 Å². The van der Waals surface area contributed by atoms with Crippen molar-refractivity contribution in [1.82, 2.24) is 0 Å². The first-order valence-electron chi connectivity index (χ1n) is 22.8. The van der Waals surface area contributed by atoms with E-state index >= 15 is 0 Å². The fourth-order valence-corrected chi connectivity index (χ4v) is 6.63. The summed E-state index contributed by atoms with van der Waals surface area (Å²) in [5.74, 6) is -0.938. The Morgan fingerprint density at radius 1 is 0.610 bits per heavy atom. The average molecular weight is 849 g/mol. The second-order valence-electron chi connectivity index (χ2n) is 16.5. The highest BCUT2D eigenvalue weighted by Gasteiger charge is 2.36. The molecule has 0 radical (unpaired) electrons. The molecule has 1 aliphatic rings. The van der Waals surface area contributed by atoms with Crippen LogP contribution in [0.4, 0.5) is 0 Å². The number of phosphoric acid groups is 1. The minimum atomic E-state index is -4.41. The lowest BCUT2D eigenvalue weighted by Crippen LogP contribution is -2.37. The molecule has 0 saturated carbocycles. The number of rotatable bonds is 39. The predicted molar refractivity (Wildman–Crippen MR) is 242 cm³/mol. The fourth-order valence-electron chi connectivity index (χ4n) is 5.89. The van der Waals surface area contributed by atoms with Crippen LogP contribution < -0.4 is 0 Å². The third-order valence-electron chi connectivity index (χ3n) is 9.61. The first-order valence-corrected chi connectivity index (χ1v) is 24.3. The lowest BCUT2D eigenvalue weighted by Gasteiger charge is -2.24. The van der Waals surface area contributed by atoms with Crippen LogP contribution in [0, 0.1) is 0 Å². The Balaban J connectivity index is 2.36. The molecule has 1 N–H and O–H groups in total. The van der Waals surface area contributed by atoms with Gasteiger partial charge in [-0.25, -0.2) is 4.57 Å². The Morgan fingerprint density at radius 3 is 1.66 bits per heavy atom. The van der Waals surface area contributed by atoms with Crippen LogP contribution in [-0.2, 0) is 37.4 Å². The molecule has 0 spiro atoms. The van der Waals surface area contributed by atoms with Gasteiger partial charge in [-0.15, -0.1) is 0 Å². The largest absolute Gasteiger partial charge is 0.472 e. The van der Waals surface area contributed by atoms with Crippen LogP contribution in [0.1, 0.15) is 155 Å². The first-order chi connectivity index (χ1) is 28.5. The van der Waals surface area contributed by atoms with Crippen molar-refractivity contribution in [2.45, 2.75) is 173 Å². The smallest absolute Gasteiger partial charge is 0.462 e. The Kier molecular flexibility index (Phi) is 33.3. The first kappa shape index (κ1) is 54.4. The van der Waals surface area contributed by atoms with E-state index in [4.69, 9.17) is 23.3 Å². The van der Waals surface area contributed by atoms with Gasteiger partial charge in [-0.05, 0) is 83.5 Å². The molecule has 1 heterocycles. The van der Waals surface area contributed by atoms with Crippen LogP contribution >= 0.6 is 7.82 Å². The SMILES string of the molecule is CCCCC/C=C\CC1OC1C/C=C\C/C=C\CCCC(=O)OC[C@H](COP(=O)(O)OCC[N+](C)(C)C)OC(=O)CCC/C=C\C/C=C\C/C=C\CCCCCCCC. The zero-order valence-electron chi connectivity index (χ0n) is 37.7. The van der Waals surface area contributed by atoms with Crippen LogP contribution in [0.3, 0.4) is 0 Å². The minimum Gasteiger partial charge on any atom is -0.462 e. The molecule has 338 valence electrons. The van der Waals surface area contributed by atoms with Crippen molar-refractivity contribution in [3.05, 3.63) is 72.9 Å². The van der Waals surface area contributed by atoms with E-state index in [9.17, 15) is 19.0 Å². The molecule has 10 nitrogen and oxygen atoms in total. The Hall–Kier alpha value is -2.59. The molecule has 1 saturated heterocycles. The van der Waals surface area contributed by atoms with Gasteiger partial charge in [-0.1, -0.05) is 132 Å². The topological polar surface area (TPSA) is 121 Å². The molecule has 0 amide bonds. The van der Waals surface area contributed by atoms with Crippen molar-refractivity contribution in [3.8, 4) is 0 Å². The van der Waals surface area contributed by atoms with Gasteiger partial charge in [0, 0.05) is 12.8 Å². The summed E-state index contributed by atoms with van der Waals surface area (Å²) < 4.78 is 40.0. The maximum atomic E-state index is 12.7. The van der Waals surface area contributed by atoms with E-state index < -0.39 is 32.5 Å². The van der Waals surface area contributed by atoms with Crippen molar-refractivity contribution < 1.29 is 46.8 Å². The number of hydrogen-bond donors (Lipinski definition) is 1. The summed E-state index contributed by atoms with van der Waals surface area (Å²) in [5, 5.41) is 0. The minimum absolute atomic E-state index is 0.00826. The molecule has 1 aliphatic heterocycles. The van der Waals surface area contributed by atoms with Gasteiger partial charge in [0.15, 0.2) is 6.10 Å². The summed E-state index contributed by atoms with van der Waals surface area (Å²) in [5.41, 5.74) is 0. The number of unbranched alkanes of at least 4 members (excludes halogenated alkanes) is 11. The molecule has 3 unspecified atom stereocenters. The quantitative estimate of drug-likeness (QED) is 0.0161. The van der Waals surface area contributed by atoms with Gasteiger partial charge in [0.25, 0.3) is 0 Å². The second-order valence-corrected chi connectivity index (χ2v) is 17.9. The number of esters is 2. The Morgan fingerprint density at radius 2 is 1.07 bits per heavy atom. The monoisotopic (exact) mass is 849 g/mol. The van der Waals surface area contributed by atoms with Crippen molar-refractivity contribution in [2.75, 3.05) is 47.5 Å². The summed E-state index contributed by atoms with van der Waals surface area (Å²) in [6, 6.07) is 0. The van der Waals surface area contributed by atoms with Gasteiger partial charge in [0.1, 0.15) is 19.8 Å². The van der Waals surface area contributed by atoms with Crippen LogP contribution in [-0.4, -0.2) is 87.1 Å². The summed E-state index contributed by atoms with van der Waals surface area (Å²) in [4.78, 5) is 35.4. The predicted octanol–water partition coefficient (Wildman–Crippen LogP) is 12.0. The van der Waals surface area contributed by atoms with Gasteiger partial charge in [-0.2, -0.15) is 0 Å². The lowest BCUT2D eigenvalue weighted by molar-refractivity contribution is -0.870. The van der Waals surface area contributed by atoms with E-state index in [1.165, 1.54) is 57.8 Å². The van der Waals surface area contributed by atoms with Crippen molar-refractivity contribution in [1.29, 1.82) is 0 Å². The van der Waals surface area contributed by atoms with Crippen molar-refractivity contribution in [3.63, 3.8) is 0 Å². The molecule has 4 atom stereocenters. The Labute approximate surface area is 359 Å². The molecule has 0 bridgehead atoms. The number of hydrogen-bond acceptors (Lipinski definition) is 8. The van der Waals surface area contributed by atoms with Crippen LogP contribution in [0.5, 0.6) is 0 Å². The molecule has 59 heavy (non-hydrogen) atoms. The average Bonchev–Trinajstić information content (AvgIpc) is 3.94.